The summed E-state index contributed by atoms with van der Waals surface area (Å²) in [7, 11) is 0. The Kier molecular flexibility index (Phi) is 6.32. The van der Waals surface area contributed by atoms with Gasteiger partial charge in [0.2, 0.25) is 5.91 Å². The monoisotopic (exact) mass is 413 g/mol. The lowest BCUT2D eigenvalue weighted by molar-refractivity contribution is -0.134. The van der Waals surface area contributed by atoms with Crippen LogP contribution in [0.15, 0.2) is 41.8 Å². The molecule has 0 unspecified atom stereocenters. The second-order valence-electron chi connectivity index (χ2n) is 8.85. The number of carbonyl (C=O) groups is 2. The van der Waals surface area contributed by atoms with Crippen molar-refractivity contribution in [1.82, 2.24) is 15.1 Å². The summed E-state index contributed by atoms with van der Waals surface area (Å²) in [4.78, 5) is 31.1. The quantitative estimate of drug-likeness (QED) is 0.806. The third kappa shape index (κ3) is 4.99. The van der Waals surface area contributed by atoms with Gasteiger partial charge in [0.05, 0.1) is 6.04 Å². The van der Waals surface area contributed by atoms with Crippen LogP contribution < -0.4 is 5.32 Å². The van der Waals surface area contributed by atoms with Crippen molar-refractivity contribution in [3.63, 3.8) is 0 Å². The summed E-state index contributed by atoms with van der Waals surface area (Å²) in [6.07, 6.45) is 0.859. The van der Waals surface area contributed by atoms with E-state index in [-0.39, 0.29) is 36.1 Å². The lowest BCUT2D eigenvalue weighted by Crippen LogP contribution is -2.54. The molecule has 0 aliphatic carbocycles. The van der Waals surface area contributed by atoms with Gasteiger partial charge in [-0.15, -0.1) is 11.3 Å². The number of nitrogens with zero attached hydrogens (tertiary/aromatic N) is 2. The summed E-state index contributed by atoms with van der Waals surface area (Å²) in [6, 6.07) is 11.9. The van der Waals surface area contributed by atoms with Crippen LogP contribution in [-0.4, -0.2) is 46.4 Å². The minimum absolute atomic E-state index is 0.0199. The molecule has 2 heterocycles. The maximum Gasteiger partial charge on any atom is 0.318 e. The van der Waals surface area contributed by atoms with E-state index in [4.69, 9.17) is 0 Å². The molecule has 1 aromatic heterocycles. The van der Waals surface area contributed by atoms with Gasteiger partial charge < -0.3 is 15.1 Å². The highest BCUT2D eigenvalue weighted by Crippen LogP contribution is 2.37. The van der Waals surface area contributed by atoms with Gasteiger partial charge in [0, 0.05) is 23.0 Å². The number of benzene rings is 1. The van der Waals surface area contributed by atoms with Gasteiger partial charge in [-0.3, -0.25) is 4.79 Å². The lowest BCUT2D eigenvalue weighted by Gasteiger charge is -2.38. The Bertz CT molecular complexity index is 855. The highest BCUT2D eigenvalue weighted by molar-refractivity contribution is 7.10. The average Bonchev–Trinajstić information content (AvgIpc) is 3.12. The molecule has 0 spiro atoms. The van der Waals surface area contributed by atoms with E-state index in [0.29, 0.717) is 6.54 Å². The Morgan fingerprint density at radius 3 is 2.52 bits per heavy atom. The molecule has 0 bridgehead atoms. The molecular formula is C23H31N3O2S. The molecule has 1 atom stereocenters. The highest BCUT2D eigenvalue weighted by atomic mass is 32.1. The van der Waals surface area contributed by atoms with Gasteiger partial charge in [0.1, 0.15) is 6.54 Å². The second kappa shape index (κ2) is 8.57. The van der Waals surface area contributed by atoms with Gasteiger partial charge in [-0.05, 0) is 63.6 Å². The van der Waals surface area contributed by atoms with Gasteiger partial charge in [0.25, 0.3) is 0 Å². The smallest absolute Gasteiger partial charge is 0.318 e. The fraction of sp³-hybridized carbons (Fsp3) is 0.478. The predicted molar refractivity (Wildman–Crippen MR) is 118 cm³/mol. The maximum absolute atomic E-state index is 13.4. The lowest BCUT2D eigenvalue weighted by atomic mass is 9.93. The Morgan fingerprint density at radius 2 is 1.90 bits per heavy atom. The SMILES string of the molecule is CC(C)N(CC(=O)N1CCc2sccc2[C@H]1c1ccccc1)C(=O)NC(C)(C)C. The van der Waals surface area contributed by atoms with E-state index in [1.54, 1.807) is 16.2 Å². The van der Waals surface area contributed by atoms with E-state index in [2.05, 4.69) is 28.9 Å². The summed E-state index contributed by atoms with van der Waals surface area (Å²) in [5.74, 6) is -0.0199. The van der Waals surface area contributed by atoms with Gasteiger partial charge >= 0.3 is 6.03 Å². The zero-order valence-electron chi connectivity index (χ0n) is 17.9. The Morgan fingerprint density at radius 1 is 1.21 bits per heavy atom. The third-order valence-electron chi connectivity index (χ3n) is 5.07. The first-order valence-corrected chi connectivity index (χ1v) is 11.0. The summed E-state index contributed by atoms with van der Waals surface area (Å²) < 4.78 is 0. The normalized spacial score (nSPS) is 16.5. The number of carbonyl (C=O) groups excluding carboxylic acids is 2. The van der Waals surface area contributed by atoms with Gasteiger partial charge in [-0.2, -0.15) is 0 Å². The van der Waals surface area contributed by atoms with Crippen molar-refractivity contribution in [1.29, 1.82) is 0 Å². The minimum atomic E-state index is -0.351. The molecule has 0 saturated heterocycles. The molecule has 5 nitrogen and oxygen atoms in total. The predicted octanol–water partition coefficient (Wildman–Crippen LogP) is 4.44. The number of fused-ring (bicyclic) bond motifs is 1. The van der Waals surface area contributed by atoms with Crippen LogP contribution in [0.4, 0.5) is 4.79 Å². The van der Waals surface area contributed by atoms with Crippen LogP contribution in [0.2, 0.25) is 0 Å². The molecule has 6 heteroatoms. The van der Waals surface area contributed by atoms with Crippen LogP contribution >= 0.6 is 11.3 Å². The number of amides is 3. The van der Waals surface area contributed by atoms with Crippen LogP contribution in [-0.2, 0) is 11.2 Å². The first-order valence-electron chi connectivity index (χ1n) is 10.2. The van der Waals surface area contributed by atoms with Gasteiger partial charge in [-0.1, -0.05) is 30.3 Å². The van der Waals surface area contributed by atoms with Crippen molar-refractivity contribution in [3.8, 4) is 0 Å². The highest BCUT2D eigenvalue weighted by Gasteiger charge is 2.34. The van der Waals surface area contributed by atoms with E-state index in [0.717, 1.165) is 12.0 Å². The minimum Gasteiger partial charge on any atom is -0.333 e. The standard InChI is InChI=1S/C23H31N3O2S/c1-16(2)26(22(28)24-23(3,4)5)15-20(27)25-13-11-19-18(12-14-29-19)21(25)17-9-7-6-8-10-17/h6-10,12,14,16,21H,11,13,15H2,1-5H3,(H,24,28)/t21-/m1/s1. The van der Waals surface area contributed by atoms with Crippen molar-refractivity contribution in [3.05, 3.63) is 57.8 Å². The first kappa shape index (κ1) is 21.4. The van der Waals surface area contributed by atoms with E-state index >= 15 is 0 Å². The number of hydrogen-bond donors (Lipinski definition) is 1. The first-order chi connectivity index (χ1) is 13.7. The molecule has 0 saturated carbocycles. The van der Waals surface area contributed by atoms with Crippen LogP contribution in [0.1, 0.15) is 56.7 Å². The molecule has 29 heavy (non-hydrogen) atoms. The fourth-order valence-electron chi connectivity index (χ4n) is 3.70. The topological polar surface area (TPSA) is 52.7 Å². The molecular weight excluding hydrogens is 382 g/mol. The summed E-state index contributed by atoms with van der Waals surface area (Å²) in [6.45, 7) is 10.5. The number of nitrogens with one attached hydrogen (secondary N) is 1. The molecule has 156 valence electrons. The number of hydrogen-bond acceptors (Lipinski definition) is 3. The van der Waals surface area contributed by atoms with Crippen LogP contribution in [0.5, 0.6) is 0 Å². The molecule has 1 aromatic carbocycles. The van der Waals surface area contributed by atoms with Crippen molar-refractivity contribution < 1.29 is 9.59 Å². The molecule has 1 aliphatic heterocycles. The summed E-state index contributed by atoms with van der Waals surface area (Å²) in [5, 5.41) is 5.08. The van der Waals surface area contributed by atoms with Gasteiger partial charge in [0.15, 0.2) is 0 Å². The van der Waals surface area contributed by atoms with E-state index in [1.807, 2.05) is 57.7 Å². The average molecular weight is 414 g/mol. The molecule has 1 N–H and O–H groups in total. The van der Waals surface area contributed by atoms with Crippen LogP contribution in [0.25, 0.3) is 0 Å². The summed E-state index contributed by atoms with van der Waals surface area (Å²) >= 11 is 1.76. The Balaban J connectivity index is 1.85. The molecule has 3 rings (SSSR count). The van der Waals surface area contributed by atoms with Crippen molar-refractivity contribution in [2.24, 2.45) is 0 Å². The van der Waals surface area contributed by atoms with E-state index < -0.39 is 0 Å². The molecule has 3 amide bonds. The van der Waals surface area contributed by atoms with Gasteiger partial charge in [-0.25, -0.2) is 4.79 Å². The van der Waals surface area contributed by atoms with Crippen LogP contribution in [0, 0.1) is 0 Å². The van der Waals surface area contributed by atoms with E-state index in [1.165, 1.54) is 10.4 Å². The zero-order chi connectivity index (χ0) is 21.2. The van der Waals surface area contributed by atoms with Crippen molar-refractivity contribution >= 4 is 23.3 Å². The summed E-state index contributed by atoms with van der Waals surface area (Å²) in [5.41, 5.74) is 1.96. The molecule has 0 fully saturated rings. The Hall–Kier alpha value is -2.34. The second-order valence-corrected chi connectivity index (χ2v) is 9.85. The number of urea groups is 1. The number of thiophene rings is 1. The van der Waals surface area contributed by atoms with E-state index in [9.17, 15) is 9.59 Å². The molecule has 2 aromatic rings. The third-order valence-corrected chi connectivity index (χ3v) is 6.07. The van der Waals surface area contributed by atoms with Crippen molar-refractivity contribution in [2.45, 2.75) is 58.7 Å². The zero-order valence-corrected chi connectivity index (χ0v) is 18.8. The fourth-order valence-corrected chi connectivity index (χ4v) is 4.60. The number of rotatable bonds is 4. The van der Waals surface area contributed by atoms with Crippen molar-refractivity contribution in [2.75, 3.05) is 13.1 Å². The Labute approximate surface area is 177 Å². The molecule has 1 aliphatic rings. The molecule has 0 radical (unpaired) electrons. The maximum atomic E-state index is 13.4. The van der Waals surface area contributed by atoms with Crippen LogP contribution in [0.3, 0.4) is 0 Å². The largest absolute Gasteiger partial charge is 0.333 e.